The summed E-state index contributed by atoms with van der Waals surface area (Å²) in [5.41, 5.74) is 2.79. The van der Waals surface area contributed by atoms with Crippen LogP contribution in [0.15, 0.2) is 36.7 Å². The molecule has 3 heterocycles. The zero-order valence-corrected chi connectivity index (χ0v) is 18.7. The number of amides is 1. The molecule has 0 unspecified atom stereocenters. The fourth-order valence-electron chi connectivity index (χ4n) is 3.97. The van der Waals surface area contributed by atoms with Gasteiger partial charge in [-0.3, -0.25) is 4.79 Å². The second-order valence-corrected chi connectivity index (χ2v) is 8.65. The van der Waals surface area contributed by atoms with E-state index in [-0.39, 0.29) is 11.8 Å². The number of imidazole rings is 1. The number of anilines is 2. The van der Waals surface area contributed by atoms with Gasteiger partial charge in [0.05, 0.1) is 17.4 Å². The Labute approximate surface area is 187 Å². The first-order valence-corrected chi connectivity index (χ1v) is 11.0. The van der Waals surface area contributed by atoms with E-state index in [1.165, 1.54) is 0 Å². The van der Waals surface area contributed by atoms with Crippen molar-refractivity contribution in [2.75, 3.05) is 43.9 Å². The third kappa shape index (κ3) is 5.32. The van der Waals surface area contributed by atoms with Crippen LogP contribution in [-0.4, -0.2) is 64.3 Å². The van der Waals surface area contributed by atoms with Gasteiger partial charge in [-0.15, -0.1) is 10.2 Å². The molecule has 1 aromatic carbocycles. The van der Waals surface area contributed by atoms with Gasteiger partial charge in [0.25, 0.3) is 0 Å². The van der Waals surface area contributed by atoms with E-state index >= 15 is 0 Å². The molecule has 1 aliphatic heterocycles. The molecule has 0 aliphatic carbocycles. The second kappa shape index (κ2) is 9.62. The molecule has 0 atom stereocenters. The van der Waals surface area contributed by atoms with Gasteiger partial charge in [-0.25, -0.2) is 4.98 Å². The molecule has 3 aromatic rings. The van der Waals surface area contributed by atoms with Gasteiger partial charge in [0.1, 0.15) is 0 Å². The van der Waals surface area contributed by atoms with Gasteiger partial charge in [0, 0.05) is 31.2 Å². The van der Waals surface area contributed by atoms with Gasteiger partial charge in [-0.1, -0.05) is 11.6 Å². The third-order valence-electron chi connectivity index (χ3n) is 5.70. The zero-order chi connectivity index (χ0) is 21.8. The summed E-state index contributed by atoms with van der Waals surface area (Å²) in [6.45, 7) is 3.50. The number of nitrogens with one attached hydrogen (secondary N) is 1. The molecule has 0 bridgehead atoms. The SMILES string of the molecule is CN(C)CCCn1cnc2cc(NC(=O)C3CCN(c4ccc(Cl)nn4)CC3)ccc21. The molecule has 4 rings (SSSR count). The molecular weight excluding hydrogens is 414 g/mol. The molecule has 1 amide bonds. The van der Waals surface area contributed by atoms with Crippen LogP contribution in [0.5, 0.6) is 0 Å². The van der Waals surface area contributed by atoms with E-state index in [9.17, 15) is 4.79 Å². The Bertz CT molecular complexity index is 1030. The molecule has 8 nitrogen and oxygen atoms in total. The Morgan fingerprint density at radius 3 is 2.71 bits per heavy atom. The largest absolute Gasteiger partial charge is 0.355 e. The van der Waals surface area contributed by atoms with Crippen LogP contribution in [0.25, 0.3) is 11.0 Å². The van der Waals surface area contributed by atoms with Crippen LogP contribution >= 0.6 is 11.6 Å². The minimum Gasteiger partial charge on any atom is -0.355 e. The van der Waals surface area contributed by atoms with E-state index < -0.39 is 0 Å². The van der Waals surface area contributed by atoms with Gasteiger partial charge in [-0.05, 0) is 70.2 Å². The van der Waals surface area contributed by atoms with Gasteiger partial charge < -0.3 is 19.7 Å². The maximum atomic E-state index is 12.8. The minimum atomic E-state index is -0.0178. The fraction of sp³-hybridized carbons (Fsp3) is 0.455. The Balaban J connectivity index is 1.33. The number of carbonyl (C=O) groups is 1. The van der Waals surface area contributed by atoms with Crippen molar-refractivity contribution in [3.63, 3.8) is 0 Å². The predicted octanol–water partition coefficient (Wildman–Crippen LogP) is 3.29. The molecule has 1 fully saturated rings. The lowest BCUT2D eigenvalue weighted by molar-refractivity contribution is -0.120. The van der Waals surface area contributed by atoms with E-state index in [0.717, 1.165) is 68.0 Å². The number of hydrogen-bond acceptors (Lipinski definition) is 6. The average molecular weight is 442 g/mol. The first kappa shape index (κ1) is 21.5. The van der Waals surface area contributed by atoms with Crippen molar-refractivity contribution in [3.8, 4) is 0 Å². The molecule has 164 valence electrons. The lowest BCUT2D eigenvalue weighted by Crippen LogP contribution is -2.38. The highest BCUT2D eigenvalue weighted by Crippen LogP contribution is 2.24. The molecule has 9 heteroatoms. The predicted molar refractivity (Wildman–Crippen MR) is 124 cm³/mol. The van der Waals surface area contributed by atoms with Crippen LogP contribution in [0.3, 0.4) is 0 Å². The summed E-state index contributed by atoms with van der Waals surface area (Å²) in [6.07, 6.45) is 4.50. The summed E-state index contributed by atoms with van der Waals surface area (Å²) in [5.74, 6) is 0.845. The van der Waals surface area contributed by atoms with Crippen LogP contribution in [0.4, 0.5) is 11.5 Å². The minimum absolute atomic E-state index is 0.0178. The van der Waals surface area contributed by atoms with E-state index in [1.807, 2.05) is 30.6 Å². The maximum Gasteiger partial charge on any atom is 0.227 e. The monoisotopic (exact) mass is 441 g/mol. The number of hydrogen-bond donors (Lipinski definition) is 1. The Kier molecular flexibility index (Phi) is 6.67. The van der Waals surface area contributed by atoms with Gasteiger partial charge in [-0.2, -0.15) is 0 Å². The standard InChI is InChI=1S/C22H28ClN7O/c1-28(2)10-3-11-30-15-24-18-14-17(4-5-19(18)30)25-22(31)16-8-12-29(13-9-16)21-7-6-20(23)26-27-21/h4-7,14-16H,3,8-13H2,1-2H3,(H,25,31). The summed E-state index contributed by atoms with van der Waals surface area (Å²) >= 11 is 5.81. The summed E-state index contributed by atoms with van der Waals surface area (Å²) in [6, 6.07) is 9.55. The number of rotatable bonds is 7. The summed E-state index contributed by atoms with van der Waals surface area (Å²) < 4.78 is 2.17. The maximum absolute atomic E-state index is 12.8. The number of halogens is 1. The molecular formula is C22H28ClN7O. The molecule has 1 saturated heterocycles. The number of nitrogens with zero attached hydrogens (tertiary/aromatic N) is 6. The van der Waals surface area contributed by atoms with Crippen LogP contribution < -0.4 is 10.2 Å². The first-order valence-electron chi connectivity index (χ1n) is 10.6. The lowest BCUT2D eigenvalue weighted by atomic mass is 9.96. The molecule has 31 heavy (non-hydrogen) atoms. The Hall–Kier alpha value is -2.71. The highest BCUT2D eigenvalue weighted by atomic mass is 35.5. The molecule has 1 aliphatic rings. The zero-order valence-electron chi connectivity index (χ0n) is 18.0. The molecule has 2 aromatic heterocycles. The van der Waals surface area contributed by atoms with Crippen molar-refractivity contribution in [2.45, 2.75) is 25.8 Å². The quantitative estimate of drug-likeness (QED) is 0.606. The number of benzene rings is 1. The first-order chi connectivity index (χ1) is 15.0. The van der Waals surface area contributed by atoms with E-state index in [0.29, 0.717) is 5.15 Å². The average Bonchev–Trinajstić information content (AvgIpc) is 3.16. The molecule has 0 spiro atoms. The number of fused-ring (bicyclic) bond motifs is 1. The lowest BCUT2D eigenvalue weighted by Gasteiger charge is -2.31. The van der Waals surface area contributed by atoms with E-state index in [1.54, 1.807) is 6.07 Å². The van der Waals surface area contributed by atoms with Crippen molar-refractivity contribution < 1.29 is 4.79 Å². The van der Waals surface area contributed by atoms with Crippen LogP contribution in [0.2, 0.25) is 5.15 Å². The Morgan fingerprint density at radius 1 is 1.19 bits per heavy atom. The van der Waals surface area contributed by atoms with Gasteiger partial charge in [0.2, 0.25) is 5.91 Å². The molecule has 1 N–H and O–H groups in total. The second-order valence-electron chi connectivity index (χ2n) is 8.26. The van der Waals surface area contributed by atoms with Gasteiger partial charge >= 0.3 is 0 Å². The van der Waals surface area contributed by atoms with Gasteiger partial charge in [0.15, 0.2) is 11.0 Å². The number of aryl methyl sites for hydroxylation is 1. The highest BCUT2D eigenvalue weighted by Gasteiger charge is 2.26. The van der Waals surface area contributed by atoms with Crippen molar-refractivity contribution >= 4 is 40.0 Å². The summed E-state index contributed by atoms with van der Waals surface area (Å²) in [7, 11) is 4.16. The van der Waals surface area contributed by atoms with Crippen molar-refractivity contribution in [2.24, 2.45) is 5.92 Å². The third-order valence-corrected chi connectivity index (χ3v) is 5.90. The van der Waals surface area contributed by atoms with Crippen LogP contribution in [0.1, 0.15) is 19.3 Å². The topological polar surface area (TPSA) is 79.2 Å². The van der Waals surface area contributed by atoms with Crippen LogP contribution in [0, 0.1) is 5.92 Å². The molecule has 0 radical (unpaired) electrons. The van der Waals surface area contributed by atoms with E-state index in [4.69, 9.17) is 11.6 Å². The normalized spacial score (nSPS) is 15.0. The van der Waals surface area contributed by atoms with E-state index in [2.05, 4.69) is 49.0 Å². The van der Waals surface area contributed by atoms with Crippen molar-refractivity contribution in [1.29, 1.82) is 0 Å². The summed E-state index contributed by atoms with van der Waals surface area (Å²) in [5, 5.41) is 11.5. The fourth-order valence-corrected chi connectivity index (χ4v) is 4.07. The Morgan fingerprint density at radius 2 is 2.00 bits per heavy atom. The number of aromatic nitrogens is 4. The van der Waals surface area contributed by atoms with Crippen molar-refractivity contribution in [1.82, 2.24) is 24.6 Å². The highest BCUT2D eigenvalue weighted by molar-refractivity contribution is 6.29. The number of piperidine rings is 1. The number of carbonyl (C=O) groups excluding carboxylic acids is 1. The molecule has 0 saturated carbocycles. The van der Waals surface area contributed by atoms with Crippen molar-refractivity contribution in [3.05, 3.63) is 41.8 Å². The smallest absolute Gasteiger partial charge is 0.227 e. The summed E-state index contributed by atoms with van der Waals surface area (Å²) in [4.78, 5) is 21.6. The van der Waals surface area contributed by atoms with Crippen LogP contribution in [-0.2, 0) is 11.3 Å².